The van der Waals surface area contributed by atoms with E-state index >= 15 is 0 Å². The van der Waals surface area contributed by atoms with Gasteiger partial charge in [0.15, 0.2) is 0 Å². The molecule has 1 aromatic rings. The minimum atomic E-state index is -0.154. The van der Waals surface area contributed by atoms with Gasteiger partial charge in [-0.05, 0) is 25.5 Å². The second-order valence-corrected chi connectivity index (χ2v) is 3.71. The molecule has 1 aliphatic heterocycles. The zero-order valence-electron chi connectivity index (χ0n) is 8.33. The third-order valence-corrected chi connectivity index (χ3v) is 2.42. The Labute approximate surface area is 82.7 Å². The van der Waals surface area contributed by atoms with Crippen molar-refractivity contribution in [3.63, 3.8) is 0 Å². The predicted molar refractivity (Wildman–Crippen MR) is 51.8 cm³/mol. The number of furan rings is 1. The molecule has 76 valence electrons. The molecule has 0 radical (unpaired) electrons. The number of rotatable bonds is 1. The molecular formula is C10H14N2O2. The highest BCUT2D eigenvalue weighted by atomic mass is 16.3. The van der Waals surface area contributed by atoms with E-state index in [0.717, 1.165) is 11.3 Å². The van der Waals surface area contributed by atoms with E-state index in [0.29, 0.717) is 6.54 Å². The molecule has 2 unspecified atom stereocenters. The lowest BCUT2D eigenvalue weighted by molar-refractivity contribution is -0.124. The fourth-order valence-corrected chi connectivity index (χ4v) is 1.61. The Kier molecular flexibility index (Phi) is 2.29. The van der Waals surface area contributed by atoms with Crippen LogP contribution in [0.3, 0.4) is 0 Å². The van der Waals surface area contributed by atoms with E-state index in [1.165, 1.54) is 0 Å². The number of aryl methyl sites for hydroxylation is 1. The Balaban J connectivity index is 2.10. The highest BCUT2D eigenvalue weighted by Gasteiger charge is 2.26. The summed E-state index contributed by atoms with van der Waals surface area (Å²) in [5, 5.41) is 6.02. The highest BCUT2D eigenvalue weighted by molar-refractivity contribution is 5.82. The van der Waals surface area contributed by atoms with Crippen LogP contribution in [0.5, 0.6) is 0 Å². The lowest BCUT2D eigenvalue weighted by atomic mass is 10.1. The number of nitrogens with one attached hydrogen (secondary N) is 2. The monoisotopic (exact) mass is 194 g/mol. The van der Waals surface area contributed by atoms with E-state index < -0.39 is 0 Å². The molecule has 0 saturated carbocycles. The van der Waals surface area contributed by atoms with Crippen LogP contribution in [0.15, 0.2) is 16.7 Å². The molecule has 1 amide bonds. The van der Waals surface area contributed by atoms with Crippen LogP contribution in [0.2, 0.25) is 0 Å². The predicted octanol–water partition coefficient (Wildman–Crippen LogP) is 0.737. The number of hydrogen-bond acceptors (Lipinski definition) is 3. The quantitative estimate of drug-likeness (QED) is 0.693. The third-order valence-electron chi connectivity index (χ3n) is 2.42. The van der Waals surface area contributed by atoms with Crippen molar-refractivity contribution in [3.8, 4) is 0 Å². The molecule has 0 aliphatic carbocycles. The number of carbonyl (C=O) groups excluding carboxylic acids is 1. The first-order chi connectivity index (χ1) is 6.66. The fourth-order valence-electron chi connectivity index (χ4n) is 1.61. The smallest absolute Gasteiger partial charge is 0.236 e. The Morgan fingerprint density at radius 3 is 2.93 bits per heavy atom. The second-order valence-electron chi connectivity index (χ2n) is 3.71. The molecule has 4 nitrogen and oxygen atoms in total. The van der Waals surface area contributed by atoms with Gasteiger partial charge in [-0.3, -0.25) is 10.1 Å². The van der Waals surface area contributed by atoms with Crippen molar-refractivity contribution in [2.24, 2.45) is 0 Å². The van der Waals surface area contributed by atoms with Crippen LogP contribution >= 0.6 is 0 Å². The Hall–Kier alpha value is -1.29. The average molecular weight is 194 g/mol. The van der Waals surface area contributed by atoms with Gasteiger partial charge in [-0.1, -0.05) is 0 Å². The zero-order chi connectivity index (χ0) is 10.1. The summed E-state index contributed by atoms with van der Waals surface area (Å²) >= 11 is 0. The van der Waals surface area contributed by atoms with Gasteiger partial charge in [0.2, 0.25) is 5.91 Å². The molecule has 1 aliphatic rings. The summed E-state index contributed by atoms with van der Waals surface area (Å²) < 4.78 is 5.37. The molecule has 0 spiro atoms. The summed E-state index contributed by atoms with van der Waals surface area (Å²) in [6.45, 7) is 4.42. The standard InChI is InChI=1S/C10H14N2O2/c1-6-3-9(14-5-6)8-4-11-10(13)7(2)12-8/h3,5,7-8,12H,4H2,1-2H3,(H,11,13). The normalized spacial score (nSPS) is 27.4. The van der Waals surface area contributed by atoms with Gasteiger partial charge in [-0.2, -0.15) is 0 Å². The molecule has 1 saturated heterocycles. The lowest BCUT2D eigenvalue weighted by Crippen LogP contribution is -2.52. The maximum Gasteiger partial charge on any atom is 0.236 e. The van der Waals surface area contributed by atoms with Crippen molar-refractivity contribution in [1.82, 2.24) is 10.6 Å². The second kappa shape index (κ2) is 3.46. The van der Waals surface area contributed by atoms with Crippen molar-refractivity contribution in [3.05, 3.63) is 23.7 Å². The molecular weight excluding hydrogens is 180 g/mol. The molecule has 4 heteroatoms. The molecule has 14 heavy (non-hydrogen) atoms. The van der Waals surface area contributed by atoms with Crippen molar-refractivity contribution >= 4 is 5.91 Å². The van der Waals surface area contributed by atoms with Crippen LogP contribution in [0.4, 0.5) is 0 Å². The van der Waals surface area contributed by atoms with E-state index in [2.05, 4.69) is 10.6 Å². The van der Waals surface area contributed by atoms with Crippen molar-refractivity contribution in [2.45, 2.75) is 25.9 Å². The summed E-state index contributed by atoms with van der Waals surface area (Å²) in [5.41, 5.74) is 1.10. The largest absolute Gasteiger partial charge is 0.467 e. The molecule has 2 atom stereocenters. The van der Waals surface area contributed by atoms with Crippen molar-refractivity contribution in [2.75, 3.05) is 6.54 Å². The number of carbonyl (C=O) groups is 1. The molecule has 2 N–H and O–H groups in total. The first-order valence-electron chi connectivity index (χ1n) is 4.75. The van der Waals surface area contributed by atoms with E-state index in [9.17, 15) is 4.79 Å². The first kappa shape index (κ1) is 9.27. The van der Waals surface area contributed by atoms with Gasteiger partial charge >= 0.3 is 0 Å². The average Bonchev–Trinajstić information content (AvgIpc) is 2.57. The van der Waals surface area contributed by atoms with E-state index in [-0.39, 0.29) is 18.0 Å². The van der Waals surface area contributed by atoms with Crippen LogP contribution in [-0.4, -0.2) is 18.5 Å². The van der Waals surface area contributed by atoms with Crippen LogP contribution < -0.4 is 10.6 Å². The van der Waals surface area contributed by atoms with Crippen LogP contribution in [0.1, 0.15) is 24.3 Å². The van der Waals surface area contributed by atoms with E-state index in [1.807, 2.05) is 19.9 Å². The zero-order valence-corrected chi connectivity index (χ0v) is 8.33. The van der Waals surface area contributed by atoms with Gasteiger partial charge in [-0.15, -0.1) is 0 Å². The summed E-state index contributed by atoms with van der Waals surface area (Å²) in [7, 11) is 0. The molecule has 2 heterocycles. The number of hydrogen-bond donors (Lipinski definition) is 2. The minimum absolute atomic E-state index is 0.0459. The van der Waals surface area contributed by atoms with E-state index in [1.54, 1.807) is 6.26 Å². The van der Waals surface area contributed by atoms with Crippen molar-refractivity contribution < 1.29 is 9.21 Å². The first-order valence-corrected chi connectivity index (χ1v) is 4.75. The highest BCUT2D eigenvalue weighted by Crippen LogP contribution is 2.18. The van der Waals surface area contributed by atoms with Gasteiger partial charge in [0.05, 0.1) is 18.3 Å². The number of amides is 1. The van der Waals surface area contributed by atoms with Crippen LogP contribution in [0, 0.1) is 6.92 Å². The molecule has 0 aromatic carbocycles. The SMILES string of the molecule is Cc1coc(C2CNC(=O)C(C)N2)c1. The van der Waals surface area contributed by atoms with Gasteiger partial charge in [-0.25, -0.2) is 0 Å². The topological polar surface area (TPSA) is 54.3 Å². The maximum atomic E-state index is 11.2. The summed E-state index contributed by atoms with van der Waals surface area (Å²) in [6, 6.07) is 1.93. The van der Waals surface area contributed by atoms with Gasteiger partial charge in [0.1, 0.15) is 5.76 Å². The molecule has 2 rings (SSSR count). The third kappa shape index (κ3) is 1.65. The van der Waals surface area contributed by atoms with Gasteiger partial charge < -0.3 is 9.73 Å². The Bertz CT molecular complexity index is 346. The summed E-state index contributed by atoms with van der Waals surface area (Å²) in [5.74, 6) is 0.930. The van der Waals surface area contributed by atoms with Crippen LogP contribution in [-0.2, 0) is 4.79 Å². The fraction of sp³-hybridized carbons (Fsp3) is 0.500. The minimum Gasteiger partial charge on any atom is -0.467 e. The van der Waals surface area contributed by atoms with Gasteiger partial charge in [0, 0.05) is 6.54 Å². The molecule has 1 fully saturated rings. The molecule has 0 bridgehead atoms. The van der Waals surface area contributed by atoms with Crippen LogP contribution in [0.25, 0.3) is 0 Å². The summed E-state index contributed by atoms with van der Waals surface area (Å²) in [4.78, 5) is 11.2. The lowest BCUT2D eigenvalue weighted by Gasteiger charge is -2.27. The summed E-state index contributed by atoms with van der Waals surface area (Å²) in [6.07, 6.45) is 1.72. The van der Waals surface area contributed by atoms with E-state index in [4.69, 9.17) is 4.42 Å². The Morgan fingerprint density at radius 1 is 1.57 bits per heavy atom. The number of piperazine rings is 1. The van der Waals surface area contributed by atoms with Crippen molar-refractivity contribution in [1.29, 1.82) is 0 Å². The molecule has 1 aromatic heterocycles. The maximum absolute atomic E-state index is 11.2. The Morgan fingerprint density at radius 2 is 2.36 bits per heavy atom. The van der Waals surface area contributed by atoms with Gasteiger partial charge in [0.25, 0.3) is 0 Å².